The fourth-order valence-electron chi connectivity index (χ4n) is 2.31. The van der Waals surface area contributed by atoms with Crippen molar-refractivity contribution < 1.29 is 13.9 Å². The Morgan fingerprint density at radius 1 is 1.27 bits per heavy atom. The molecule has 112 valence electrons. The van der Waals surface area contributed by atoms with Crippen molar-refractivity contribution in [1.82, 2.24) is 4.98 Å². The molecule has 0 aliphatic rings. The van der Waals surface area contributed by atoms with Crippen molar-refractivity contribution in [2.75, 3.05) is 0 Å². The molecule has 0 fully saturated rings. The lowest BCUT2D eigenvalue weighted by Gasteiger charge is -2.14. The van der Waals surface area contributed by atoms with Gasteiger partial charge < -0.3 is 9.72 Å². The van der Waals surface area contributed by atoms with Crippen molar-refractivity contribution in [3.05, 3.63) is 64.5 Å². The first kappa shape index (κ1) is 14.8. The van der Waals surface area contributed by atoms with Crippen LogP contribution in [0.3, 0.4) is 0 Å². The number of nitrogens with one attached hydrogen (secondary N) is 1. The van der Waals surface area contributed by atoms with E-state index in [1.165, 1.54) is 12.1 Å². The highest BCUT2D eigenvalue weighted by molar-refractivity contribution is 9.10. The highest BCUT2D eigenvalue weighted by atomic mass is 79.9. The Labute approximate surface area is 135 Å². The molecule has 3 nitrogen and oxygen atoms in total. The van der Waals surface area contributed by atoms with Crippen LogP contribution in [0.1, 0.15) is 17.3 Å². The second-order valence-corrected chi connectivity index (χ2v) is 5.86. The molecule has 2 aromatic carbocycles. The third-order valence-electron chi connectivity index (χ3n) is 3.42. The van der Waals surface area contributed by atoms with E-state index in [2.05, 4.69) is 20.9 Å². The molecule has 1 atom stereocenters. The summed E-state index contributed by atoms with van der Waals surface area (Å²) in [4.78, 5) is 15.6. The summed E-state index contributed by atoms with van der Waals surface area (Å²) in [5.41, 5.74) is 1.42. The van der Waals surface area contributed by atoms with E-state index in [1.807, 2.05) is 24.3 Å². The average molecular weight is 362 g/mol. The summed E-state index contributed by atoms with van der Waals surface area (Å²) in [7, 11) is 0. The molecule has 3 rings (SSSR count). The van der Waals surface area contributed by atoms with Crippen molar-refractivity contribution in [2.45, 2.75) is 13.0 Å². The lowest BCUT2D eigenvalue weighted by Crippen LogP contribution is -2.24. The number of H-pyrrole nitrogens is 1. The quantitative estimate of drug-likeness (QED) is 0.683. The van der Waals surface area contributed by atoms with Crippen molar-refractivity contribution >= 4 is 32.6 Å². The number of aromatic nitrogens is 1. The van der Waals surface area contributed by atoms with Crippen LogP contribution in [0.15, 0.2) is 53.1 Å². The lowest BCUT2D eigenvalue weighted by atomic mass is 10.1. The van der Waals surface area contributed by atoms with Gasteiger partial charge in [0.15, 0.2) is 17.7 Å². The third-order valence-corrected chi connectivity index (χ3v) is 3.91. The molecule has 0 aliphatic carbocycles. The third kappa shape index (κ3) is 2.76. The van der Waals surface area contributed by atoms with Crippen molar-refractivity contribution in [3.8, 4) is 5.75 Å². The fraction of sp³-hybridized carbons (Fsp3) is 0.118. The van der Waals surface area contributed by atoms with Crippen molar-refractivity contribution in [2.24, 2.45) is 0 Å². The van der Waals surface area contributed by atoms with Crippen LogP contribution < -0.4 is 4.74 Å². The Balaban J connectivity index is 1.85. The van der Waals surface area contributed by atoms with Gasteiger partial charge >= 0.3 is 0 Å². The number of ketones is 1. The van der Waals surface area contributed by atoms with Gasteiger partial charge in [-0.05, 0) is 31.2 Å². The van der Waals surface area contributed by atoms with E-state index in [-0.39, 0.29) is 11.5 Å². The van der Waals surface area contributed by atoms with Crippen LogP contribution in [0.2, 0.25) is 0 Å². The Bertz CT molecular complexity index is 844. The van der Waals surface area contributed by atoms with Gasteiger partial charge in [0.05, 0.1) is 0 Å². The van der Waals surface area contributed by atoms with Gasteiger partial charge in [0.2, 0.25) is 5.78 Å². The highest BCUT2D eigenvalue weighted by Gasteiger charge is 2.21. The summed E-state index contributed by atoms with van der Waals surface area (Å²) in [5.74, 6) is -0.642. The van der Waals surface area contributed by atoms with E-state index in [0.29, 0.717) is 10.0 Å². The zero-order chi connectivity index (χ0) is 15.7. The maximum Gasteiger partial charge on any atom is 0.205 e. The Hall–Kier alpha value is -2.14. The SMILES string of the molecule is C[C@H](Oc1ccc(Br)cc1F)C(=O)c1c[nH]c2ccccc12. The van der Waals surface area contributed by atoms with Crippen LogP contribution in [0.25, 0.3) is 10.9 Å². The Morgan fingerprint density at radius 2 is 2.05 bits per heavy atom. The van der Waals surface area contributed by atoms with Crippen LogP contribution in [0.4, 0.5) is 4.39 Å². The lowest BCUT2D eigenvalue weighted by molar-refractivity contribution is 0.0814. The number of hydrogen-bond acceptors (Lipinski definition) is 2. The van der Waals surface area contributed by atoms with Gasteiger partial charge in [0, 0.05) is 27.1 Å². The maximum atomic E-state index is 13.8. The number of halogens is 2. The molecule has 0 amide bonds. The molecule has 1 heterocycles. The first-order valence-electron chi connectivity index (χ1n) is 6.78. The summed E-state index contributed by atoms with van der Waals surface area (Å²) >= 11 is 3.18. The monoisotopic (exact) mass is 361 g/mol. The molecule has 1 aromatic heterocycles. The van der Waals surface area contributed by atoms with Crippen LogP contribution in [0, 0.1) is 5.82 Å². The first-order valence-corrected chi connectivity index (χ1v) is 7.57. The number of rotatable bonds is 4. The van der Waals surface area contributed by atoms with E-state index in [0.717, 1.165) is 10.9 Å². The van der Waals surface area contributed by atoms with E-state index in [9.17, 15) is 9.18 Å². The maximum absolute atomic E-state index is 13.8. The van der Waals surface area contributed by atoms with Gasteiger partial charge in [-0.15, -0.1) is 0 Å². The zero-order valence-corrected chi connectivity index (χ0v) is 13.4. The minimum Gasteiger partial charge on any atom is -0.479 e. The second kappa shape index (κ2) is 5.93. The smallest absolute Gasteiger partial charge is 0.205 e. The summed E-state index contributed by atoms with van der Waals surface area (Å²) in [6, 6.07) is 12.0. The van der Waals surface area contributed by atoms with Crippen molar-refractivity contribution in [1.29, 1.82) is 0 Å². The molecule has 3 aromatic rings. The number of aromatic amines is 1. The van der Waals surface area contributed by atoms with E-state index >= 15 is 0 Å². The number of Topliss-reactive ketones (excluding diaryl/α,β-unsaturated/α-hetero) is 1. The second-order valence-electron chi connectivity index (χ2n) is 4.95. The van der Waals surface area contributed by atoms with Gasteiger partial charge in [0.25, 0.3) is 0 Å². The molecule has 0 unspecified atom stereocenters. The number of carbonyl (C=O) groups is 1. The summed E-state index contributed by atoms with van der Waals surface area (Å²) in [5, 5.41) is 0.833. The molecule has 0 saturated heterocycles. The van der Waals surface area contributed by atoms with Crippen LogP contribution in [0.5, 0.6) is 5.75 Å². The highest BCUT2D eigenvalue weighted by Crippen LogP contribution is 2.24. The first-order chi connectivity index (χ1) is 10.6. The number of fused-ring (bicyclic) bond motifs is 1. The molecule has 0 bridgehead atoms. The Kier molecular flexibility index (Phi) is 3.98. The summed E-state index contributed by atoms with van der Waals surface area (Å²) < 4.78 is 19.9. The Morgan fingerprint density at radius 3 is 2.82 bits per heavy atom. The van der Waals surface area contributed by atoms with Gasteiger partial charge in [-0.25, -0.2) is 4.39 Å². The molecule has 0 saturated carbocycles. The van der Waals surface area contributed by atoms with Gasteiger partial charge in [-0.2, -0.15) is 0 Å². The van der Waals surface area contributed by atoms with Crippen LogP contribution in [-0.4, -0.2) is 16.9 Å². The van der Waals surface area contributed by atoms with Crippen molar-refractivity contribution in [3.63, 3.8) is 0 Å². The number of benzene rings is 2. The van der Waals surface area contributed by atoms with E-state index < -0.39 is 11.9 Å². The molecular weight excluding hydrogens is 349 g/mol. The van der Waals surface area contributed by atoms with Gasteiger partial charge in [-0.1, -0.05) is 34.1 Å². The zero-order valence-electron chi connectivity index (χ0n) is 11.8. The summed E-state index contributed by atoms with van der Waals surface area (Å²) in [6.07, 6.45) is 0.875. The number of para-hydroxylation sites is 1. The van der Waals surface area contributed by atoms with E-state index in [4.69, 9.17) is 4.74 Å². The minimum absolute atomic E-state index is 0.0592. The molecular formula is C17H13BrFNO2. The number of carbonyl (C=O) groups excluding carboxylic acids is 1. The molecule has 0 aliphatic heterocycles. The molecule has 22 heavy (non-hydrogen) atoms. The molecule has 0 radical (unpaired) electrons. The standard InChI is InChI=1S/C17H13BrFNO2/c1-10(22-16-7-6-11(18)8-14(16)19)17(21)13-9-20-15-5-3-2-4-12(13)15/h2-10,20H,1H3/t10-/m0/s1. The predicted octanol–water partition coefficient (Wildman–Crippen LogP) is 4.72. The minimum atomic E-state index is -0.783. The number of hydrogen-bond donors (Lipinski definition) is 1. The normalized spacial score (nSPS) is 12.3. The van der Waals surface area contributed by atoms with Gasteiger partial charge in [0.1, 0.15) is 0 Å². The predicted molar refractivity (Wildman–Crippen MR) is 86.8 cm³/mol. The topological polar surface area (TPSA) is 42.1 Å². The van der Waals surface area contributed by atoms with Gasteiger partial charge in [-0.3, -0.25) is 4.79 Å². The largest absolute Gasteiger partial charge is 0.479 e. The van der Waals surface area contributed by atoms with Crippen LogP contribution in [-0.2, 0) is 0 Å². The molecule has 1 N–H and O–H groups in total. The molecule has 0 spiro atoms. The average Bonchev–Trinajstić information content (AvgIpc) is 2.93. The number of ether oxygens (including phenoxy) is 1. The summed E-state index contributed by atoms with van der Waals surface area (Å²) in [6.45, 7) is 1.62. The molecule has 5 heteroatoms. The van der Waals surface area contributed by atoms with E-state index in [1.54, 1.807) is 19.2 Å². The van der Waals surface area contributed by atoms with Crippen LogP contribution >= 0.6 is 15.9 Å². The fourth-order valence-corrected chi connectivity index (χ4v) is 2.64.